The average Bonchev–Trinajstić information content (AvgIpc) is 2.72. The molecule has 0 saturated carbocycles. The Hall–Kier alpha value is -2.12. The first-order valence-corrected chi connectivity index (χ1v) is 9.79. The molecule has 1 unspecified atom stereocenters. The molecule has 154 valence electrons. The number of benzene rings is 2. The van der Waals surface area contributed by atoms with E-state index in [1.54, 1.807) is 4.90 Å². The van der Waals surface area contributed by atoms with Gasteiger partial charge in [0.05, 0.1) is 13.2 Å². The minimum atomic E-state index is -0.479. The number of hydrogen-bond acceptors (Lipinski definition) is 4. The van der Waals surface area contributed by atoms with Crippen LogP contribution in [0.3, 0.4) is 0 Å². The predicted octanol–water partition coefficient (Wildman–Crippen LogP) is 3.17. The van der Waals surface area contributed by atoms with Gasteiger partial charge in [-0.1, -0.05) is 23.7 Å². The van der Waals surface area contributed by atoms with Crippen LogP contribution in [0.4, 0.5) is 11.4 Å². The van der Waals surface area contributed by atoms with Gasteiger partial charge in [-0.3, -0.25) is 9.59 Å². The molecule has 2 heterocycles. The molecule has 0 radical (unpaired) electrons. The quantitative estimate of drug-likeness (QED) is 0.773. The van der Waals surface area contributed by atoms with Crippen LogP contribution in [0.25, 0.3) is 0 Å². The molecule has 1 atom stereocenters. The Morgan fingerprint density at radius 2 is 2.00 bits per heavy atom. The molecule has 8 heteroatoms. The van der Waals surface area contributed by atoms with Crippen molar-refractivity contribution in [2.75, 3.05) is 29.9 Å². The van der Waals surface area contributed by atoms with Gasteiger partial charge in [0.15, 0.2) is 0 Å². The monoisotopic (exact) mass is 435 g/mol. The fourth-order valence-electron chi connectivity index (χ4n) is 3.54. The Kier molecular flexibility index (Phi) is 7.14. The Balaban J connectivity index is 0.00000240. The number of rotatable bonds is 4. The van der Waals surface area contributed by atoms with Crippen LogP contribution >= 0.6 is 24.0 Å². The Labute approximate surface area is 181 Å². The molecule has 0 aliphatic carbocycles. The zero-order valence-corrected chi connectivity index (χ0v) is 17.4. The highest BCUT2D eigenvalue weighted by Crippen LogP contribution is 2.31. The molecule has 4 rings (SSSR count). The fourth-order valence-corrected chi connectivity index (χ4v) is 3.67. The van der Waals surface area contributed by atoms with E-state index in [4.69, 9.17) is 16.3 Å². The van der Waals surface area contributed by atoms with E-state index < -0.39 is 6.10 Å². The molecule has 2 aromatic rings. The first kappa shape index (κ1) is 21.6. The lowest BCUT2D eigenvalue weighted by atomic mass is 9.99. The summed E-state index contributed by atoms with van der Waals surface area (Å²) < 4.78 is 5.49. The van der Waals surface area contributed by atoms with Crippen molar-refractivity contribution in [2.45, 2.75) is 25.5 Å². The molecule has 2 aliphatic rings. The van der Waals surface area contributed by atoms with Crippen molar-refractivity contribution in [3.63, 3.8) is 0 Å². The topological polar surface area (TPSA) is 70.7 Å². The minimum Gasteiger partial charge on any atom is -0.366 e. The summed E-state index contributed by atoms with van der Waals surface area (Å²) in [5.74, 6) is -0.0574. The minimum absolute atomic E-state index is 0. The van der Waals surface area contributed by atoms with E-state index in [1.165, 1.54) is 0 Å². The number of ether oxygens (including phenoxy) is 1. The summed E-state index contributed by atoms with van der Waals surface area (Å²) >= 11 is 5.95. The van der Waals surface area contributed by atoms with Crippen molar-refractivity contribution in [1.29, 1.82) is 0 Å². The number of nitrogens with zero attached hydrogens (tertiary/aromatic N) is 1. The average molecular weight is 436 g/mol. The van der Waals surface area contributed by atoms with Crippen LogP contribution in [0.2, 0.25) is 5.02 Å². The second-order valence-electron chi connectivity index (χ2n) is 7.00. The lowest BCUT2D eigenvalue weighted by molar-refractivity contribution is -0.128. The first-order valence-electron chi connectivity index (χ1n) is 9.41. The van der Waals surface area contributed by atoms with Crippen LogP contribution in [0.15, 0.2) is 42.5 Å². The molecule has 0 aromatic heterocycles. The number of anilines is 2. The van der Waals surface area contributed by atoms with Crippen molar-refractivity contribution >= 4 is 47.2 Å². The number of amides is 2. The maximum atomic E-state index is 12.5. The van der Waals surface area contributed by atoms with Crippen molar-refractivity contribution < 1.29 is 14.3 Å². The number of carbonyl (C=O) groups excluding carboxylic acids is 2. The predicted molar refractivity (Wildman–Crippen MR) is 116 cm³/mol. The van der Waals surface area contributed by atoms with Crippen LogP contribution in [-0.4, -0.2) is 37.6 Å². The van der Waals surface area contributed by atoms with Gasteiger partial charge < -0.3 is 20.3 Å². The summed E-state index contributed by atoms with van der Waals surface area (Å²) in [4.78, 5) is 26.7. The van der Waals surface area contributed by atoms with E-state index in [-0.39, 0.29) is 24.2 Å². The second-order valence-corrected chi connectivity index (χ2v) is 7.44. The number of carbonyl (C=O) groups is 2. The molecule has 2 aliphatic heterocycles. The van der Waals surface area contributed by atoms with Crippen LogP contribution in [0.1, 0.15) is 17.5 Å². The molecule has 1 saturated heterocycles. The van der Waals surface area contributed by atoms with Gasteiger partial charge in [-0.25, -0.2) is 0 Å². The molecule has 2 N–H and O–H groups in total. The largest absolute Gasteiger partial charge is 0.366 e. The summed E-state index contributed by atoms with van der Waals surface area (Å²) in [6.07, 6.45) is 0.636. The number of aryl methyl sites for hydroxylation is 1. The molecule has 2 aromatic carbocycles. The summed E-state index contributed by atoms with van der Waals surface area (Å²) in [5, 5.41) is 6.74. The van der Waals surface area contributed by atoms with Gasteiger partial charge in [0.1, 0.15) is 6.10 Å². The summed E-state index contributed by atoms with van der Waals surface area (Å²) in [6.45, 7) is 2.31. The molecule has 0 spiro atoms. The molecule has 1 fully saturated rings. The standard InChI is InChI=1S/C21H22ClN3O3.ClH/c22-16-4-1-14(2-5-16)13-25-18-7-6-17(11-15(18)3-8-20(25)26)24-21(27)19-12-23-9-10-28-19;/h1-2,4-7,11,19,23H,3,8-10,12-13H2,(H,24,27);1H. The number of halogens is 2. The number of nitrogens with one attached hydrogen (secondary N) is 2. The van der Waals surface area contributed by atoms with Crippen LogP contribution < -0.4 is 15.5 Å². The zero-order valence-electron chi connectivity index (χ0n) is 15.8. The zero-order chi connectivity index (χ0) is 19.5. The normalized spacial score (nSPS) is 18.6. The van der Waals surface area contributed by atoms with Crippen LogP contribution in [0.5, 0.6) is 0 Å². The third-order valence-corrected chi connectivity index (χ3v) is 5.27. The van der Waals surface area contributed by atoms with Crippen molar-refractivity contribution in [2.24, 2.45) is 0 Å². The highest BCUT2D eigenvalue weighted by atomic mass is 35.5. The SMILES string of the molecule is Cl.O=C(Nc1ccc2c(c1)CCC(=O)N2Cc1ccc(Cl)cc1)C1CNCCO1. The number of fused-ring (bicyclic) bond motifs is 1. The molecule has 29 heavy (non-hydrogen) atoms. The third-order valence-electron chi connectivity index (χ3n) is 5.02. The molecular formula is C21H23Cl2N3O3. The van der Waals surface area contributed by atoms with E-state index in [2.05, 4.69) is 10.6 Å². The maximum Gasteiger partial charge on any atom is 0.254 e. The Morgan fingerprint density at radius 1 is 1.21 bits per heavy atom. The third kappa shape index (κ3) is 5.08. The van der Waals surface area contributed by atoms with Crippen LogP contribution in [-0.2, 0) is 27.3 Å². The number of morpholine rings is 1. The Bertz CT molecular complexity index is 883. The van der Waals surface area contributed by atoms with Gasteiger partial charge in [0, 0.05) is 35.9 Å². The number of hydrogen-bond donors (Lipinski definition) is 2. The molecule has 0 bridgehead atoms. The van der Waals surface area contributed by atoms with Gasteiger partial charge in [-0.2, -0.15) is 0 Å². The smallest absolute Gasteiger partial charge is 0.254 e. The summed E-state index contributed by atoms with van der Waals surface area (Å²) in [6, 6.07) is 13.2. The lowest BCUT2D eigenvalue weighted by Crippen LogP contribution is -2.45. The van der Waals surface area contributed by atoms with Gasteiger partial charge in [-0.15, -0.1) is 12.4 Å². The van der Waals surface area contributed by atoms with E-state index >= 15 is 0 Å². The second kappa shape index (κ2) is 9.59. The van der Waals surface area contributed by atoms with Crippen molar-refractivity contribution in [1.82, 2.24) is 5.32 Å². The highest BCUT2D eigenvalue weighted by molar-refractivity contribution is 6.30. The van der Waals surface area contributed by atoms with Crippen LogP contribution in [0, 0.1) is 0 Å². The highest BCUT2D eigenvalue weighted by Gasteiger charge is 2.26. The van der Waals surface area contributed by atoms with E-state index in [0.29, 0.717) is 37.6 Å². The molecule has 6 nitrogen and oxygen atoms in total. The maximum absolute atomic E-state index is 12.5. The van der Waals surface area contributed by atoms with Gasteiger partial charge in [-0.05, 0) is 47.9 Å². The van der Waals surface area contributed by atoms with E-state index in [9.17, 15) is 9.59 Å². The Morgan fingerprint density at radius 3 is 2.72 bits per heavy atom. The fraction of sp³-hybridized carbons (Fsp3) is 0.333. The van der Waals surface area contributed by atoms with E-state index in [1.807, 2.05) is 42.5 Å². The van der Waals surface area contributed by atoms with E-state index in [0.717, 1.165) is 29.0 Å². The van der Waals surface area contributed by atoms with Gasteiger partial charge in [0.2, 0.25) is 5.91 Å². The van der Waals surface area contributed by atoms with Crippen molar-refractivity contribution in [3.05, 3.63) is 58.6 Å². The lowest BCUT2D eigenvalue weighted by Gasteiger charge is -2.30. The molecule has 2 amide bonds. The van der Waals surface area contributed by atoms with Crippen molar-refractivity contribution in [3.8, 4) is 0 Å². The molecular weight excluding hydrogens is 413 g/mol. The van der Waals surface area contributed by atoms with Gasteiger partial charge >= 0.3 is 0 Å². The summed E-state index contributed by atoms with van der Waals surface area (Å²) in [5.41, 5.74) is 3.68. The van der Waals surface area contributed by atoms with Gasteiger partial charge in [0.25, 0.3) is 5.91 Å². The first-order chi connectivity index (χ1) is 13.6. The summed E-state index contributed by atoms with van der Waals surface area (Å²) in [7, 11) is 0.